The van der Waals surface area contributed by atoms with Gasteiger partial charge in [-0.1, -0.05) is 0 Å². The highest BCUT2D eigenvalue weighted by Crippen LogP contribution is 2.21. The van der Waals surface area contributed by atoms with Crippen molar-refractivity contribution >= 4 is 21.6 Å². The summed E-state index contributed by atoms with van der Waals surface area (Å²) < 4.78 is 37.3. The summed E-state index contributed by atoms with van der Waals surface area (Å²) in [6.45, 7) is 0. The van der Waals surface area contributed by atoms with E-state index in [1.807, 2.05) is 0 Å². The molecule has 0 bridgehead atoms. The molecule has 1 heterocycles. The molecule has 0 aliphatic heterocycles. The highest BCUT2D eigenvalue weighted by atomic mass is 32.2. The normalized spacial score (nSPS) is 11.3. The van der Waals surface area contributed by atoms with Crippen molar-refractivity contribution < 1.29 is 17.6 Å². The van der Waals surface area contributed by atoms with Crippen LogP contribution in [0.15, 0.2) is 35.5 Å². The van der Waals surface area contributed by atoms with Gasteiger partial charge in [0.15, 0.2) is 0 Å². The minimum absolute atomic E-state index is 0.206. The number of carbonyl (C=O) groups excluding carboxylic acids is 1. The Morgan fingerprint density at radius 1 is 1.45 bits per heavy atom. The SMILES string of the molecule is Cn1cc(C(=O)Nc2cc(F)ccc2S(N)(=O)=O)cn1. The number of benzene rings is 1. The number of hydrogen-bond donors (Lipinski definition) is 2. The minimum atomic E-state index is -4.08. The Bertz CT molecular complexity index is 770. The molecule has 0 unspecified atom stereocenters. The lowest BCUT2D eigenvalue weighted by molar-refractivity contribution is 0.102. The third kappa shape index (κ3) is 3.00. The van der Waals surface area contributed by atoms with E-state index in [0.717, 1.165) is 18.2 Å². The number of nitrogens with zero attached hydrogens (tertiary/aromatic N) is 2. The van der Waals surface area contributed by atoms with E-state index in [2.05, 4.69) is 10.4 Å². The van der Waals surface area contributed by atoms with Crippen molar-refractivity contribution in [2.24, 2.45) is 12.2 Å². The van der Waals surface area contributed by atoms with E-state index >= 15 is 0 Å². The monoisotopic (exact) mass is 298 g/mol. The zero-order valence-electron chi connectivity index (χ0n) is 10.4. The van der Waals surface area contributed by atoms with Crippen molar-refractivity contribution in [1.82, 2.24) is 9.78 Å². The number of nitrogens with two attached hydrogens (primary N) is 1. The number of sulfonamides is 1. The molecule has 0 aliphatic carbocycles. The highest BCUT2D eigenvalue weighted by molar-refractivity contribution is 7.89. The molecule has 0 aliphatic rings. The van der Waals surface area contributed by atoms with Gasteiger partial charge in [0, 0.05) is 13.2 Å². The van der Waals surface area contributed by atoms with E-state index in [-0.39, 0.29) is 16.1 Å². The van der Waals surface area contributed by atoms with Crippen LogP contribution in [-0.2, 0) is 17.1 Å². The molecule has 3 N–H and O–H groups in total. The molecule has 2 aromatic rings. The lowest BCUT2D eigenvalue weighted by atomic mass is 10.2. The van der Waals surface area contributed by atoms with Crippen LogP contribution in [0, 0.1) is 5.82 Å². The summed E-state index contributed by atoms with van der Waals surface area (Å²) in [5, 5.41) is 11.1. The fourth-order valence-corrected chi connectivity index (χ4v) is 2.26. The molecule has 0 saturated heterocycles. The van der Waals surface area contributed by atoms with Crippen molar-refractivity contribution in [3.63, 3.8) is 0 Å². The van der Waals surface area contributed by atoms with Crippen LogP contribution in [0.25, 0.3) is 0 Å². The van der Waals surface area contributed by atoms with Gasteiger partial charge < -0.3 is 5.32 Å². The molecule has 1 amide bonds. The lowest BCUT2D eigenvalue weighted by Crippen LogP contribution is -2.18. The van der Waals surface area contributed by atoms with E-state index in [1.165, 1.54) is 17.1 Å². The third-order valence-electron chi connectivity index (χ3n) is 2.46. The second-order valence-corrected chi connectivity index (χ2v) is 5.57. The Morgan fingerprint density at radius 3 is 2.70 bits per heavy atom. The molecule has 1 aromatic heterocycles. The summed E-state index contributed by atoms with van der Waals surface area (Å²) in [5.41, 5.74) is -0.0153. The molecule has 0 spiro atoms. The predicted octanol–water partition coefficient (Wildman–Crippen LogP) is 0.459. The summed E-state index contributed by atoms with van der Waals surface area (Å²) in [6, 6.07) is 2.82. The number of aryl methyl sites for hydroxylation is 1. The lowest BCUT2D eigenvalue weighted by Gasteiger charge is -2.08. The quantitative estimate of drug-likeness (QED) is 0.858. The van der Waals surface area contributed by atoms with Gasteiger partial charge in [0.05, 0.1) is 17.4 Å². The van der Waals surface area contributed by atoms with E-state index in [1.54, 1.807) is 7.05 Å². The zero-order valence-corrected chi connectivity index (χ0v) is 11.2. The molecule has 7 nitrogen and oxygen atoms in total. The average Bonchev–Trinajstić information content (AvgIpc) is 2.74. The molecule has 2 rings (SSSR count). The Labute approximate surface area is 114 Å². The number of anilines is 1. The van der Waals surface area contributed by atoms with Gasteiger partial charge in [-0.15, -0.1) is 0 Å². The Morgan fingerprint density at radius 2 is 2.15 bits per heavy atom. The van der Waals surface area contributed by atoms with E-state index in [9.17, 15) is 17.6 Å². The van der Waals surface area contributed by atoms with Gasteiger partial charge in [0.2, 0.25) is 10.0 Å². The molecule has 106 valence electrons. The summed E-state index contributed by atoms with van der Waals surface area (Å²) in [5.74, 6) is -1.31. The standard InChI is InChI=1S/C11H11FN4O3S/c1-16-6-7(5-14-16)11(17)15-9-4-8(12)2-3-10(9)20(13,18)19/h2-6H,1H3,(H,15,17)(H2,13,18,19). The van der Waals surface area contributed by atoms with Crippen LogP contribution in [-0.4, -0.2) is 24.1 Å². The molecule has 9 heteroatoms. The number of nitrogens with one attached hydrogen (secondary N) is 1. The topological polar surface area (TPSA) is 107 Å². The number of amides is 1. The van der Waals surface area contributed by atoms with Crippen LogP contribution in [0.3, 0.4) is 0 Å². The first-order chi connectivity index (χ1) is 9.27. The molecule has 20 heavy (non-hydrogen) atoms. The average molecular weight is 298 g/mol. The summed E-state index contributed by atoms with van der Waals surface area (Å²) in [4.78, 5) is 11.5. The van der Waals surface area contributed by atoms with Crippen molar-refractivity contribution in [3.8, 4) is 0 Å². The first kappa shape index (κ1) is 14.2. The summed E-state index contributed by atoms with van der Waals surface area (Å²) in [7, 11) is -2.46. The summed E-state index contributed by atoms with van der Waals surface area (Å²) >= 11 is 0. The number of rotatable bonds is 3. The molecular weight excluding hydrogens is 287 g/mol. The van der Waals surface area contributed by atoms with Crippen molar-refractivity contribution in [2.75, 3.05) is 5.32 Å². The fourth-order valence-electron chi connectivity index (χ4n) is 1.58. The summed E-state index contributed by atoms with van der Waals surface area (Å²) in [6.07, 6.45) is 2.73. The molecule has 0 radical (unpaired) electrons. The van der Waals surface area contributed by atoms with E-state index < -0.39 is 21.7 Å². The molecular formula is C11H11FN4O3S. The van der Waals surface area contributed by atoms with Crippen molar-refractivity contribution in [3.05, 3.63) is 42.0 Å². The maximum Gasteiger partial charge on any atom is 0.258 e. The highest BCUT2D eigenvalue weighted by Gasteiger charge is 2.17. The largest absolute Gasteiger partial charge is 0.321 e. The van der Waals surface area contributed by atoms with Crippen LogP contribution in [0.4, 0.5) is 10.1 Å². The van der Waals surface area contributed by atoms with Gasteiger partial charge in [-0.3, -0.25) is 9.48 Å². The van der Waals surface area contributed by atoms with Gasteiger partial charge in [-0.25, -0.2) is 17.9 Å². The number of hydrogen-bond acceptors (Lipinski definition) is 4. The van der Waals surface area contributed by atoms with Crippen molar-refractivity contribution in [2.45, 2.75) is 4.90 Å². The van der Waals surface area contributed by atoms with Crippen molar-refractivity contribution in [1.29, 1.82) is 0 Å². The number of halogens is 1. The van der Waals surface area contributed by atoms with Gasteiger partial charge in [-0.05, 0) is 18.2 Å². The fraction of sp³-hybridized carbons (Fsp3) is 0.0909. The zero-order chi connectivity index (χ0) is 14.9. The molecule has 1 aromatic carbocycles. The van der Waals surface area contributed by atoms with E-state index in [0.29, 0.717) is 0 Å². The Hall–Kier alpha value is -2.26. The van der Waals surface area contributed by atoms with Crippen LogP contribution < -0.4 is 10.5 Å². The Balaban J connectivity index is 2.38. The maximum absolute atomic E-state index is 13.2. The van der Waals surface area contributed by atoms with E-state index in [4.69, 9.17) is 5.14 Å². The maximum atomic E-state index is 13.2. The number of carbonyl (C=O) groups is 1. The smallest absolute Gasteiger partial charge is 0.258 e. The van der Waals surface area contributed by atoms with Crippen LogP contribution in [0.1, 0.15) is 10.4 Å². The number of primary sulfonamides is 1. The van der Waals surface area contributed by atoms with Gasteiger partial charge in [0.1, 0.15) is 10.7 Å². The van der Waals surface area contributed by atoms with Crippen LogP contribution in [0.2, 0.25) is 0 Å². The minimum Gasteiger partial charge on any atom is -0.321 e. The van der Waals surface area contributed by atoms with Gasteiger partial charge in [0.25, 0.3) is 5.91 Å². The molecule has 0 atom stereocenters. The first-order valence-electron chi connectivity index (χ1n) is 5.40. The van der Waals surface area contributed by atoms with Gasteiger partial charge in [-0.2, -0.15) is 5.10 Å². The predicted molar refractivity (Wildman–Crippen MR) is 68.9 cm³/mol. The Kier molecular flexibility index (Phi) is 3.55. The second-order valence-electron chi connectivity index (χ2n) is 4.04. The third-order valence-corrected chi connectivity index (χ3v) is 3.43. The molecule has 0 saturated carbocycles. The molecule has 0 fully saturated rings. The second kappa shape index (κ2) is 5.02. The van der Waals surface area contributed by atoms with Gasteiger partial charge >= 0.3 is 0 Å². The first-order valence-corrected chi connectivity index (χ1v) is 6.94. The van der Waals surface area contributed by atoms with Crippen LogP contribution in [0.5, 0.6) is 0 Å². The number of aromatic nitrogens is 2. The van der Waals surface area contributed by atoms with Crippen LogP contribution >= 0.6 is 0 Å².